The molecule has 0 saturated heterocycles. The number of nitrogens with one attached hydrogen (secondary N) is 1. The van der Waals surface area contributed by atoms with Crippen molar-refractivity contribution in [2.45, 2.75) is 13.5 Å². The average molecular weight is 492 g/mol. The molecule has 5 aromatic rings. The minimum absolute atomic E-state index is 0.266. The monoisotopic (exact) mass is 491 g/mol. The SMILES string of the molecule is COc1ccc(-c2noc3nc(C)cc(C(=O)Nc4cnn(Cc5ccc(F)cc5Cl)c4)c23)cc1. The molecule has 35 heavy (non-hydrogen) atoms. The number of rotatable bonds is 6. The van der Waals surface area contributed by atoms with E-state index in [1.165, 1.54) is 18.3 Å². The van der Waals surface area contributed by atoms with Crippen LogP contribution in [-0.4, -0.2) is 32.9 Å². The molecule has 3 heterocycles. The van der Waals surface area contributed by atoms with Crippen molar-refractivity contribution in [1.29, 1.82) is 0 Å². The van der Waals surface area contributed by atoms with Crippen molar-refractivity contribution >= 4 is 34.3 Å². The van der Waals surface area contributed by atoms with Crippen molar-refractivity contribution in [3.8, 4) is 17.0 Å². The Morgan fingerprint density at radius 2 is 2.00 bits per heavy atom. The van der Waals surface area contributed by atoms with E-state index in [0.29, 0.717) is 50.9 Å². The number of pyridine rings is 1. The third-order valence-corrected chi connectivity index (χ3v) is 5.77. The summed E-state index contributed by atoms with van der Waals surface area (Å²) < 4.78 is 25.6. The molecular weight excluding hydrogens is 473 g/mol. The highest BCUT2D eigenvalue weighted by atomic mass is 35.5. The number of hydrogen-bond donors (Lipinski definition) is 1. The number of nitrogens with zero attached hydrogens (tertiary/aromatic N) is 4. The number of aromatic nitrogens is 4. The number of hydrogen-bond acceptors (Lipinski definition) is 6. The first-order chi connectivity index (χ1) is 16.9. The second-order valence-corrected chi connectivity index (χ2v) is 8.27. The average Bonchev–Trinajstić information content (AvgIpc) is 3.47. The van der Waals surface area contributed by atoms with Crippen LogP contribution in [0.15, 0.2) is 65.4 Å². The normalized spacial score (nSPS) is 11.1. The second kappa shape index (κ2) is 9.19. The van der Waals surface area contributed by atoms with Gasteiger partial charge in [0.05, 0.1) is 36.5 Å². The highest BCUT2D eigenvalue weighted by molar-refractivity contribution is 6.31. The minimum Gasteiger partial charge on any atom is -0.497 e. The minimum atomic E-state index is -0.408. The zero-order valence-corrected chi connectivity index (χ0v) is 19.5. The van der Waals surface area contributed by atoms with E-state index >= 15 is 0 Å². The van der Waals surface area contributed by atoms with E-state index < -0.39 is 5.82 Å². The Morgan fingerprint density at radius 1 is 1.20 bits per heavy atom. The standard InChI is InChI=1S/C25H19ClFN5O3/c1-14-9-20(22-23(31-35-25(22)29-14)15-4-7-19(34-2)8-5-15)24(33)30-18-11-28-32(13-18)12-16-3-6-17(27)10-21(16)26/h3-11,13H,12H2,1-2H3,(H,30,33). The maximum atomic E-state index is 13.3. The number of halogens is 2. The maximum absolute atomic E-state index is 13.3. The van der Waals surface area contributed by atoms with Crippen LogP contribution in [0.1, 0.15) is 21.6 Å². The summed E-state index contributed by atoms with van der Waals surface area (Å²) in [6.07, 6.45) is 3.19. The summed E-state index contributed by atoms with van der Waals surface area (Å²) in [6.45, 7) is 2.09. The molecule has 3 aromatic heterocycles. The Morgan fingerprint density at radius 3 is 2.74 bits per heavy atom. The zero-order valence-electron chi connectivity index (χ0n) is 18.8. The quantitative estimate of drug-likeness (QED) is 0.337. The van der Waals surface area contributed by atoms with Gasteiger partial charge in [0.25, 0.3) is 11.6 Å². The van der Waals surface area contributed by atoms with Gasteiger partial charge in [-0.15, -0.1) is 0 Å². The molecule has 1 N–H and O–H groups in total. The number of ether oxygens (including phenoxy) is 1. The van der Waals surface area contributed by atoms with E-state index in [0.717, 1.165) is 5.56 Å². The molecule has 0 saturated carbocycles. The van der Waals surface area contributed by atoms with Crippen LogP contribution in [0, 0.1) is 12.7 Å². The van der Waals surface area contributed by atoms with Gasteiger partial charge in [-0.2, -0.15) is 5.10 Å². The van der Waals surface area contributed by atoms with Crippen LogP contribution in [0.25, 0.3) is 22.4 Å². The van der Waals surface area contributed by atoms with Gasteiger partial charge in [0.1, 0.15) is 17.3 Å². The fourth-order valence-corrected chi connectivity index (χ4v) is 3.96. The van der Waals surface area contributed by atoms with E-state index in [-0.39, 0.29) is 11.6 Å². The van der Waals surface area contributed by atoms with Crippen molar-refractivity contribution in [2.24, 2.45) is 0 Å². The van der Waals surface area contributed by atoms with Gasteiger partial charge in [0.2, 0.25) is 0 Å². The van der Waals surface area contributed by atoms with Gasteiger partial charge in [0.15, 0.2) is 0 Å². The van der Waals surface area contributed by atoms with Crippen LogP contribution in [0.4, 0.5) is 10.1 Å². The van der Waals surface area contributed by atoms with Crippen molar-refractivity contribution in [3.63, 3.8) is 0 Å². The summed E-state index contributed by atoms with van der Waals surface area (Å²) in [4.78, 5) is 17.7. The Hall–Kier alpha value is -4.24. The van der Waals surface area contributed by atoms with Crippen LogP contribution >= 0.6 is 11.6 Å². The fourth-order valence-electron chi connectivity index (χ4n) is 3.74. The van der Waals surface area contributed by atoms with Crippen molar-refractivity contribution < 1.29 is 18.4 Å². The topological polar surface area (TPSA) is 95.1 Å². The molecule has 0 unspecified atom stereocenters. The number of carbonyl (C=O) groups is 1. The van der Waals surface area contributed by atoms with E-state index in [2.05, 4.69) is 20.6 Å². The lowest BCUT2D eigenvalue weighted by Gasteiger charge is -2.07. The van der Waals surface area contributed by atoms with Gasteiger partial charge in [0, 0.05) is 22.5 Å². The molecule has 0 spiro atoms. The zero-order chi connectivity index (χ0) is 24.5. The summed E-state index contributed by atoms with van der Waals surface area (Å²) in [5.74, 6) is -0.0703. The van der Waals surface area contributed by atoms with Crippen molar-refractivity contribution in [1.82, 2.24) is 19.9 Å². The number of benzene rings is 2. The molecule has 0 bridgehead atoms. The van der Waals surface area contributed by atoms with Gasteiger partial charge in [-0.3, -0.25) is 9.48 Å². The summed E-state index contributed by atoms with van der Waals surface area (Å²) >= 11 is 6.11. The van der Waals surface area contributed by atoms with E-state index in [4.69, 9.17) is 20.9 Å². The summed E-state index contributed by atoms with van der Waals surface area (Å²) in [7, 11) is 1.59. The van der Waals surface area contributed by atoms with Crippen LogP contribution < -0.4 is 10.1 Å². The van der Waals surface area contributed by atoms with Gasteiger partial charge >= 0.3 is 0 Å². The fraction of sp³-hybridized carbons (Fsp3) is 0.120. The molecule has 5 rings (SSSR count). The van der Waals surface area contributed by atoms with Crippen molar-refractivity contribution in [3.05, 3.63) is 88.6 Å². The van der Waals surface area contributed by atoms with Gasteiger partial charge in [-0.05, 0) is 55.0 Å². The molecule has 8 nitrogen and oxygen atoms in total. The largest absolute Gasteiger partial charge is 0.497 e. The van der Waals surface area contributed by atoms with Crippen LogP contribution in [-0.2, 0) is 6.54 Å². The van der Waals surface area contributed by atoms with Crippen molar-refractivity contribution in [2.75, 3.05) is 12.4 Å². The molecule has 0 aliphatic heterocycles. The third kappa shape index (κ3) is 4.58. The number of methoxy groups -OCH3 is 1. The molecule has 0 fully saturated rings. The van der Waals surface area contributed by atoms with Gasteiger partial charge < -0.3 is 14.6 Å². The smallest absolute Gasteiger partial charge is 0.259 e. The Bertz CT molecular complexity index is 1550. The molecule has 0 atom stereocenters. The highest BCUT2D eigenvalue weighted by Gasteiger charge is 2.21. The molecule has 0 radical (unpaired) electrons. The molecular formula is C25H19ClFN5O3. The van der Waals surface area contributed by atoms with Crippen LogP contribution in [0.2, 0.25) is 5.02 Å². The Balaban J connectivity index is 1.43. The molecule has 176 valence electrons. The summed E-state index contributed by atoms with van der Waals surface area (Å²) in [5.41, 5.74) is 3.70. The first-order valence-electron chi connectivity index (χ1n) is 10.6. The second-order valence-electron chi connectivity index (χ2n) is 7.87. The van der Waals surface area contributed by atoms with E-state index in [1.54, 1.807) is 49.2 Å². The summed E-state index contributed by atoms with van der Waals surface area (Å²) in [6, 6.07) is 13.1. The molecule has 0 aliphatic carbocycles. The molecule has 2 aromatic carbocycles. The van der Waals surface area contributed by atoms with Gasteiger partial charge in [-0.25, -0.2) is 9.37 Å². The molecule has 0 aliphatic rings. The first-order valence-corrected chi connectivity index (χ1v) is 11.0. The predicted molar refractivity (Wildman–Crippen MR) is 129 cm³/mol. The highest BCUT2D eigenvalue weighted by Crippen LogP contribution is 2.32. The third-order valence-electron chi connectivity index (χ3n) is 5.42. The number of amides is 1. The number of anilines is 1. The number of fused-ring (bicyclic) bond motifs is 1. The molecule has 10 heteroatoms. The summed E-state index contributed by atoms with van der Waals surface area (Å²) in [5, 5.41) is 12.1. The van der Waals surface area contributed by atoms with Gasteiger partial charge in [-0.1, -0.05) is 22.8 Å². The lowest BCUT2D eigenvalue weighted by molar-refractivity contribution is 0.102. The molecule has 1 amide bonds. The van der Waals surface area contributed by atoms with E-state index in [1.807, 2.05) is 12.1 Å². The van der Waals surface area contributed by atoms with Crippen LogP contribution in [0.5, 0.6) is 5.75 Å². The maximum Gasteiger partial charge on any atom is 0.259 e. The number of carbonyl (C=O) groups excluding carboxylic acids is 1. The Labute approximate surface area is 204 Å². The number of aryl methyl sites for hydroxylation is 1. The Kier molecular flexibility index (Phi) is 5.92. The lowest BCUT2D eigenvalue weighted by Crippen LogP contribution is -2.13. The first kappa shape index (κ1) is 22.5. The van der Waals surface area contributed by atoms with Crippen LogP contribution in [0.3, 0.4) is 0 Å². The van der Waals surface area contributed by atoms with E-state index in [9.17, 15) is 9.18 Å². The lowest BCUT2D eigenvalue weighted by atomic mass is 10.0. The predicted octanol–water partition coefficient (Wildman–Crippen LogP) is 5.50.